The number of imidazole rings is 1. The van der Waals surface area contributed by atoms with Crippen LogP contribution in [0.2, 0.25) is 0 Å². The Labute approximate surface area is 195 Å². The van der Waals surface area contributed by atoms with E-state index in [-0.39, 0.29) is 6.42 Å². The zero-order valence-corrected chi connectivity index (χ0v) is 19.0. The van der Waals surface area contributed by atoms with Gasteiger partial charge in [0.2, 0.25) is 11.8 Å². The molecule has 0 radical (unpaired) electrons. The Kier molecular flexibility index (Phi) is 8.50. The van der Waals surface area contributed by atoms with Gasteiger partial charge in [-0.15, -0.1) is 0 Å². The lowest BCUT2D eigenvalue weighted by atomic mass is 10.0. The first kappa shape index (κ1) is 24.3. The number of aromatic amines is 2. The number of H-pyrrole nitrogens is 2. The first-order valence-electron chi connectivity index (χ1n) is 10.5. The molecule has 0 bridgehead atoms. The molecule has 0 aliphatic rings. The van der Waals surface area contributed by atoms with E-state index in [9.17, 15) is 19.5 Å². The highest BCUT2D eigenvalue weighted by Crippen LogP contribution is 2.18. The van der Waals surface area contributed by atoms with Crippen LogP contribution in [0.3, 0.4) is 0 Å². The maximum atomic E-state index is 12.9. The molecule has 10 nitrogen and oxygen atoms in total. The Morgan fingerprint density at radius 1 is 1.12 bits per heavy atom. The van der Waals surface area contributed by atoms with Crippen molar-refractivity contribution in [1.29, 1.82) is 0 Å². The summed E-state index contributed by atoms with van der Waals surface area (Å²) in [7, 11) is 0. The maximum Gasteiger partial charge on any atom is 0.326 e. The third-order valence-electron chi connectivity index (χ3n) is 5.29. The van der Waals surface area contributed by atoms with Crippen molar-refractivity contribution in [3.05, 3.63) is 54.2 Å². The van der Waals surface area contributed by atoms with Crippen molar-refractivity contribution in [2.75, 3.05) is 12.0 Å². The quantitative estimate of drug-likeness (QED) is 0.227. The molecule has 33 heavy (non-hydrogen) atoms. The van der Waals surface area contributed by atoms with E-state index < -0.39 is 35.9 Å². The van der Waals surface area contributed by atoms with Gasteiger partial charge in [-0.3, -0.25) is 9.59 Å². The number of fused-ring (bicyclic) bond motifs is 1. The SMILES string of the molecule is CSCC[C@H](NC(=O)[C@@H](N)Cc1c[nH]c2ccccc12)C(=O)N[C@@H](Cc1cnc[nH]1)C(=O)O. The van der Waals surface area contributed by atoms with Gasteiger partial charge in [0, 0.05) is 35.4 Å². The number of benzene rings is 1. The van der Waals surface area contributed by atoms with Crippen LogP contribution in [0.1, 0.15) is 17.7 Å². The Balaban J connectivity index is 1.64. The lowest BCUT2D eigenvalue weighted by Gasteiger charge is -2.22. The number of carbonyl (C=O) groups is 3. The molecule has 1 aromatic carbocycles. The number of carboxylic acids is 1. The Hall–Kier alpha value is -3.31. The highest BCUT2D eigenvalue weighted by Gasteiger charge is 2.28. The van der Waals surface area contributed by atoms with Crippen molar-refractivity contribution in [3.63, 3.8) is 0 Å². The normalized spacial score (nSPS) is 13.9. The Morgan fingerprint density at radius 3 is 2.58 bits per heavy atom. The minimum Gasteiger partial charge on any atom is -0.480 e. The van der Waals surface area contributed by atoms with Crippen LogP contribution < -0.4 is 16.4 Å². The van der Waals surface area contributed by atoms with E-state index in [2.05, 4.69) is 25.6 Å². The van der Waals surface area contributed by atoms with Crippen LogP contribution >= 0.6 is 11.8 Å². The fourth-order valence-corrected chi connectivity index (χ4v) is 3.97. The van der Waals surface area contributed by atoms with Crippen LogP contribution in [-0.4, -0.2) is 68.0 Å². The van der Waals surface area contributed by atoms with Gasteiger partial charge in [-0.25, -0.2) is 9.78 Å². The lowest BCUT2D eigenvalue weighted by Crippen LogP contribution is -2.55. The fraction of sp³-hybridized carbons (Fsp3) is 0.364. The number of nitrogens with one attached hydrogen (secondary N) is 4. The predicted molar refractivity (Wildman–Crippen MR) is 127 cm³/mol. The molecule has 0 aliphatic carbocycles. The first-order chi connectivity index (χ1) is 15.9. The number of amides is 2. The minimum atomic E-state index is -1.18. The van der Waals surface area contributed by atoms with Crippen LogP contribution in [0.15, 0.2) is 43.0 Å². The molecule has 0 unspecified atom stereocenters. The highest BCUT2D eigenvalue weighted by molar-refractivity contribution is 7.98. The van der Waals surface area contributed by atoms with Gasteiger partial charge in [0.05, 0.1) is 12.4 Å². The molecule has 0 aliphatic heterocycles. The second kappa shape index (κ2) is 11.5. The van der Waals surface area contributed by atoms with E-state index in [1.54, 1.807) is 0 Å². The average Bonchev–Trinajstić information content (AvgIpc) is 3.46. The van der Waals surface area contributed by atoms with Gasteiger partial charge >= 0.3 is 5.97 Å². The number of nitrogens with two attached hydrogens (primary N) is 1. The van der Waals surface area contributed by atoms with Crippen molar-refractivity contribution < 1.29 is 19.5 Å². The largest absolute Gasteiger partial charge is 0.480 e. The van der Waals surface area contributed by atoms with Gasteiger partial charge in [0.1, 0.15) is 12.1 Å². The molecule has 7 N–H and O–H groups in total. The van der Waals surface area contributed by atoms with Gasteiger partial charge in [0.15, 0.2) is 0 Å². The van der Waals surface area contributed by atoms with E-state index in [0.717, 1.165) is 16.5 Å². The number of carbonyl (C=O) groups excluding carboxylic acids is 2. The van der Waals surface area contributed by atoms with Crippen molar-refractivity contribution in [3.8, 4) is 0 Å². The van der Waals surface area contributed by atoms with E-state index in [1.165, 1.54) is 24.3 Å². The molecule has 3 atom stereocenters. The summed E-state index contributed by atoms with van der Waals surface area (Å²) in [5.41, 5.74) is 8.58. The smallest absolute Gasteiger partial charge is 0.326 e. The summed E-state index contributed by atoms with van der Waals surface area (Å²) in [6, 6.07) is 4.79. The monoisotopic (exact) mass is 472 g/mol. The molecule has 3 rings (SSSR count). The summed E-state index contributed by atoms with van der Waals surface area (Å²) in [5, 5.41) is 15.7. The van der Waals surface area contributed by atoms with Crippen molar-refractivity contribution in [2.45, 2.75) is 37.4 Å². The first-order valence-corrected chi connectivity index (χ1v) is 11.9. The predicted octanol–water partition coefficient (Wildman–Crippen LogP) is 0.811. The van der Waals surface area contributed by atoms with E-state index in [4.69, 9.17) is 5.73 Å². The number of aliphatic carboxylic acids is 1. The molecule has 0 saturated carbocycles. The van der Waals surface area contributed by atoms with Crippen LogP contribution in [-0.2, 0) is 27.2 Å². The molecular formula is C22H28N6O4S. The van der Waals surface area contributed by atoms with Gasteiger partial charge < -0.3 is 31.4 Å². The number of hydrogen-bond donors (Lipinski definition) is 6. The minimum absolute atomic E-state index is 0.0460. The molecule has 0 spiro atoms. The highest BCUT2D eigenvalue weighted by atomic mass is 32.2. The Morgan fingerprint density at radius 2 is 1.88 bits per heavy atom. The number of thioether (sulfide) groups is 1. The molecule has 11 heteroatoms. The van der Waals surface area contributed by atoms with Gasteiger partial charge in [-0.05, 0) is 36.5 Å². The molecular weight excluding hydrogens is 444 g/mol. The third-order valence-corrected chi connectivity index (χ3v) is 5.93. The number of carboxylic acid groups (broad SMARTS) is 1. The number of hydrogen-bond acceptors (Lipinski definition) is 6. The Bertz CT molecular complexity index is 1080. The molecule has 2 amide bonds. The van der Waals surface area contributed by atoms with E-state index in [1.807, 2.05) is 36.7 Å². The molecule has 3 aromatic rings. The molecule has 0 saturated heterocycles. The number of rotatable bonds is 12. The summed E-state index contributed by atoms with van der Waals surface area (Å²) in [6.07, 6.45) is 7.33. The summed E-state index contributed by atoms with van der Waals surface area (Å²) in [6.45, 7) is 0. The second-order valence-corrected chi connectivity index (χ2v) is 8.68. The zero-order valence-electron chi connectivity index (χ0n) is 18.2. The fourth-order valence-electron chi connectivity index (χ4n) is 3.50. The zero-order chi connectivity index (χ0) is 23.8. The third kappa shape index (κ3) is 6.59. The summed E-state index contributed by atoms with van der Waals surface area (Å²) < 4.78 is 0. The summed E-state index contributed by atoms with van der Waals surface area (Å²) >= 11 is 1.52. The van der Waals surface area contributed by atoms with E-state index in [0.29, 0.717) is 24.3 Å². The van der Waals surface area contributed by atoms with Crippen molar-refractivity contribution in [2.24, 2.45) is 5.73 Å². The average molecular weight is 473 g/mol. The molecule has 0 fully saturated rings. The number of para-hydroxylation sites is 1. The van der Waals surface area contributed by atoms with Crippen molar-refractivity contribution in [1.82, 2.24) is 25.6 Å². The van der Waals surface area contributed by atoms with Crippen LogP contribution in [0.4, 0.5) is 0 Å². The van der Waals surface area contributed by atoms with Gasteiger partial charge in [-0.1, -0.05) is 18.2 Å². The molecule has 2 aromatic heterocycles. The maximum absolute atomic E-state index is 12.9. The summed E-state index contributed by atoms with van der Waals surface area (Å²) in [5.74, 6) is -1.61. The topological polar surface area (TPSA) is 166 Å². The number of nitrogens with zero attached hydrogens (tertiary/aromatic N) is 1. The van der Waals surface area contributed by atoms with Crippen molar-refractivity contribution >= 4 is 40.4 Å². The van der Waals surface area contributed by atoms with Gasteiger partial charge in [-0.2, -0.15) is 11.8 Å². The number of aromatic nitrogens is 3. The molecule has 2 heterocycles. The lowest BCUT2D eigenvalue weighted by molar-refractivity contribution is -0.142. The standard InChI is InChI=1S/C22H28N6O4S/c1-33-7-6-18(21(30)28-19(22(31)32)9-14-11-24-12-26-14)27-20(29)16(23)8-13-10-25-17-5-3-2-4-15(13)17/h2-5,10-12,16,18-19,25H,6-9,23H2,1H3,(H,24,26)(H,27,29)(H,28,30)(H,31,32)/t16-,18-,19-/m0/s1. The molecule has 176 valence electrons. The summed E-state index contributed by atoms with van der Waals surface area (Å²) in [4.78, 5) is 47.2. The van der Waals surface area contributed by atoms with Crippen LogP contribution in [0.25, 0.3) is 10.9 Å². The van der Waals surface area contributed by atoms with Crippen LogP contribution in [0, 0.1) is 0 Å². The second-order valence-electron chi connectivity index (χ2n) is 7.69. The van der Waals surface area contributed by atoms with Gasteiger partial charge in [0.25, 0.3) is 0 Å². The van der Waals surface area contributed by atoms with E-state index >= 15 is 0 Å². The van der Waals surface area contributed by atoms with Crippen LogP contribution in [0.5, 0.6) is 0 Å².